The molecule has 136 valence electrons. The van der Waals surface area contributed by atoms with Crippen LogP contribution < -0.4 is 4.74 Å². The molecule has 1 aromatic rings. The number of benzene rings is 1. The quantitative estimate of drug-likeness (QED) is 0.762. The van der Waals surface area contributed by atoms with Crippen molar-refractivity contribution in [3.05, 3.63) is 29.3 Å². The van der Waals surface area contributed by atoms with Crippen molar-refractivity contribution in [2.75, 3.05) is 33.3 Å². The first kappa shape index (κ1) is 19.0. The fourth-order valence-electron chi connectivity index (χ4n) is 2.95. The van der Waals surface area contributed by atoms with Crippen LogP contribution in [0.3, 0.4) is 0 Å². The number of ether oxygens (including phenoxy) is 1. The molecule has 0 aromatic heterocycles. The van der Waals surface area contributed by atoms with E-state index in [9.17, 15) is 14.4 Å². The number of hydrogen-bond acceptors (Lipinski definition) is 4. The van der Waals surface area contributed by atoms with Crippen LogP contribution in [0.15, 0.2) is 18.2 Å². The van der Waals surface area contributed by atoms with Gasteiger partial charge in [0.25, 0.3) is 0 Å². The number of hydrogen-bond donors (Lipinski definition) is 0. The molecular formula is C19H26N2O4. The van der Waals surface area contributed by atoms with Crippen LogP contribution in [-0.2, 0) is 16.0 Å². The van der Waals surface area contributed by atoms with E-state index in [1.165, 1.54) is 6.92 Å². The molecule has 1 aromatic carbocycles. The predicted octanol–water partition coefficient (Wildman–Crippen LogP) is 1.77. The lowest BCUT2D eigenvalue weighted by molar-refractivity contribution is -0.141. The van der Waals surface area contributed by atoms with Gasteiger partial charge in [0, 0.05) is 43.2 Å². The molecule has 0 unspecified atom stereocenters. The maximum Gasteiger partial charge on any atom is 0.227 e. The molecule has 6 nitrogen and oxygen atoms in total. The van der Waals surface area contributed by atoms with Crippen LogP contribution in [0.25, 0.3) is 0 Å². The Balaban J connectivity index is 2.02. The van der Waals surface area contributed by atoms with Crippen LogP contribution in [0, 0.1) is 5.92 Å². The van der Waals surface area contributed by atoms with Gasteiger partial charge < -0.3 is 14.5 Å². The largest absolute Gasteiger partial charge is 0.496 e. The molecule has 0 atom stereocenters. The Hall–Kier alpha value is -2.37. The minimum absolute atomic E-state index is 0.0179. The van der Waals surface area contributed by atoms with Gasteiger partial charge in [-0.15, -0.1) is 0 Å². The Labute approximate surface area is 148 Å². The Morgan fingerprint density at radius 1 is 1.08 bits per heavy atom. The van der Waals surface area contributed by atoms with Crippen molar-refractivity contribution in [2.24, 2.45) is 5.92 Å². The molecule has 1 aliphatic rings. The first-order chi connectivity index (χ1) is 11.8. The highest BCUT2D eigenvalue weighted by Crippen LogP contribution is 2.22. The van der Waals surface area contributed by atoms with Crippen molar-refractivity contribution >= 4 is 17.6 Å². The minimum atomic E-state index is -0.0443. The number of nitrogens with zero attached hydrogens (tertiary/aromatic N) is 2. The summed E-state index contributed by atoms with van der Waals surface area (Å²) in [5.41, 5.74) is 1.27. The van der Waals surface area contributed by atoms with E-state index in [0.717, 1.165) is 0 Å². The van der Waals surface area contributed by atoms with Gasteiger partial charge in [-0.25, -0.2) is 0 Å². The van der Waals surface area contributed by atoms with Gasteiger partial charge in [-0.1, -0.05) is 13.8 Å². The zero-order chi connectivity index (χ0) is 18.6. The van der Waals surface area contributed by atoms with Crippen molar-refractivity contribution in [3.63, 3.8) is 0 Å². The SMILES string of the molecule is COc1ccc(C(C)=O)cc1CC(=O)N1CCN(C(=O)C(C)C)CC1. The number of amides is 2. The average Bonchev–Trinajstić information content (AvgIpc) is 2.60. The average molecular weight is 346 g/mol. The van der Waals surface area contributed by atoms with Crippen LogP contribution in [0.4, 0.5) is 0 Å². The third-order valence-electron chi connectivity index (χ3n) is 4.47. The first-order valence-electron chi connectivity index (χ1n) is 8.58. The van der Waals surface area contributed by atoms with Gasteiger partial charge >= 0.3 is 0 Å². The lowest BCUT2D eigenvalue weighted by Crippen LogP contribution is -2.51. The molecule has 1 saturated heterocycles. The summed E-state index contributed by atoms with van der Waals surface area (Å²) in [5, 5.41) is 0. The van der Waals surface area contributed by atoms with Crippen LogP contribution in [0.5, 0.6) is 5.75 Å². The van der Waals surface area contributed by atoms with E-state index in [1.807, 2.05) is 18.7 Å². The van der Waals surface area contributed by atoms with Gasteiger partial charge in [-0.05, 0) is 25.1 Å². The van der Waals surface area contributed by atoms with Gasteiger partial charge in [0.05, 0.1) is 13.5 Å². The van der Waals surface area contributed by atoms with Crippen molar-refractivity contribution in [3.8, 4) is 5.75 Å². The normalized spacial score (nSPS) is 14.6. The van der Waals surface area contributed by atoms with E-state index >= 15 is 0 Å². The molecule has 1 aliphatic heterocycles. The van der Waals surface area contributed by atoms with Gasteiger partial charge in [0.2, 0.25) is 11.8 Å². The molecule has 2 amide bonds. The Morgan fingerprint density at radius 2 is 1.68 bits per heavy atom. The monoisotopic (exact) mass is 346 g/mol. The second kappa shape index (κ2) is 8.14. The second-order valence-corrected chi connectivity index (χ2v) is 6.62. The third-order valence-corrected chi connectivity index (χ3v) is 4.47. The molecule has 0 radical (unpaired) electrons. The highest BCUT2D eigenvalue weighted by molar-refractivity contribution is 5.94. The lowest BCUT2D eigenvalue weighted by atomic mass is 10.0. The number of rotatable bonds is 5. The number of piperazine rings is 1. The summed E-state index contributed by atoms with van der Waals surface area (Å²) in [4.78, 5) is 39.8. The van der Waals surface area contributed by atoms with Gasteiger partial charge in [-0.2, -0.15) is 0 Å². The summed E-state index contributed by atoms with van der Waals surface area (Å²) in [6.07, 6.45) is 0.183. The van der Waals surface area contributed by atoms with E-state index in [1.54, 1.807) is 30.2 Å². The Kier molecular flexibility index (Phi) is 6.17. The standard InChI is InChI=1S/C19H26N2O4/c1-13(2)19(24)21-9-7-20(8-10-21)18(23)12-16-11-15(14(3)22)5-6-17(16)25-4/h5-6,11,13H,7-10,12H2,1-4H3. The Bertz CT molecular complexity index is 661. The zero-order valence-corrected chi connectivity index (χ0v) is 15.4. The number of methoxy groups -OCH3 is 1. The van der Waals surface area contributed by atoms with E-state index in [2.05, 4.69) is 0 Å². The molecule has 2 rings (SSSR count). The summed E-state index contributed by atoms with van der Waals surface area (Å²) in [6, 6.07) is 5.14. The maximum absolute atomic E-state index is 12.6. The molecule has 1 heterocycles. The molecule has 0 aliphatic carbocycles. The molecule has 0 bridgehead atoms. The lowest BCUT2D eigenvalue weighted by Gasteiger charge is -2.35. The van der Waals surface area contributed by atoms with Crippen molar-refractivity contribution in [1.82, 2.24) is 9.80 Å². The summed E-state index contributed by atoms with van der Waals surface area (Å²) in [6.45, 7) is 7.46. The number of carbonyl (C=O) groups is 3. The van der Waals surface area contributed by atoms with Crippen molar-refractivity contribution in [2.45, 2.75) is 27.2 Å². The molecule has 25 heavy (non-hydrogen) atoms. The van der Waals surface area contributed by atoms with E-state index < -0.39 is 0 Å². The van der Waals surface area contributed by atoms with E-state index in [-0.39, 0.29) is 29.9 Å². The molecule has 0 spiro atoms. The summed E-state index contributed by atoms with van der Waals surface area (Å²) >= 11 is 0. The smallest absolute Gasteiger partial charge is 0.227 e. The summed E-state index contributed by atoms with van der Waals surface area (Å²) in [5.74, 6) is 0.642. The first-order valence-corrected chi connectivity index (χ1v) is 8.58. The third kappa shape index (κ3) is 4.59. The topological polar surface area (TPSA) is 66.9 Å². The van der Waals surface area contributed by atoms with Crippen LogP contribution in [0.1, 0.15) is 36.7 Å². The number of carbonyl (C=O) groups excluding carboxylic acids is 3. The van der Waals surface area contributed by atoms with Crippen LogP contribution >= 0.6 is 0 Å². The Morgan fingerprint density at radius 3 is 2.20 bits per heavy atom. The fraction of sp³-hybridized carbons (Fsp3) is 0.526. The van der Waals surface area contributed by atoms with E-state index in [4.69, 9.17) is 4.74 Å². The van der Waals surface area contributed by atoms with Crippen LogP contribution in [0.2, 0.25) is 0 Å². The van der Waals surface area contributed by atoms with Gasteiger partial charge in [0.1, 0.15) is 5.75 Å². The molecule has 0 N–H and O–H groups in total. The number of Topliss-reactive ketones (excluding diaryl/α,β-unsaturated/α-hetero) is 1. The second-order valence-electron chi connectivity index (χ2n) is 6.62. The molecule has 0 saturated carbocycles. The number of ketones is 1. The predicted molar refractivity (Wildman–Crippen MR) is 94.7 cm³/mol. The summed E-state index contributed by atoms with van der Waals surface area (Å²) < 4.78 is 5.31. The zero-order valence-electron chi connectivity index (χ0n) is 15.4. The highest BCUT2D eigenvalue weighted by atomic mass is 16.5. The van der Waals surface area contributed by atoms with Crippen molar-refractivity contribution in [1.29, 1.82) is 0 Å². The molecular weight excluding hydrogens is 320 g/mol. The van der Waals surface area contributed by atoms with Gasteiger partial charge in [0.15, 0.2) is 5.78 Å². The minimum Gasteiger partial charge on any atom is -0.496 e. The fourth-order valence-corrected chi connectivity index (χ4v) is 2.95. The molecule has 6 heteroatoms. The summed E-state index contributed by atoms with van der Waals surface area (Å²) in [7, 11) is 1.55. The molecule has 1 fully saturated rings. The van der Waals surface area contributed by atoms with Gasteiger partial charge in [-0.3, -0.25) is 14.4 Å². The van der Waals surface area contributed by atoms with Crippen LogP contribution in [-0.4, -0.2) is 60.7 Å². The van der Waals surface area contributed by atoms with Crippen molar-refractivity contribution < 1.29 is 19.1 Å². The van der Waals surface area contributed by atoms with E-state index in [0.29, 0.717) is 43.1 Å². The highest BCUT2D eigenvalue weighted by Gasteiger charge is 2.25. The maximum atomic E-state index is 12.6.